The second kappa shape index (κ2) is 7.07. The van der Waals surface area contributed by atoms with E-state index in [1.807, 2.05) is 54.7 Å². The SMILES string of the molecule is Cc1cc(C(N)c2ccccc2)cnc1NCc1ccccc1. The van der Waals surface area contributed by atoms with E-state index in [0.717, 1.165) is 29.1 Å². The van der Waals surface area contributed by atoms with Gasteiger partial charge in [0.25, 0.3) is 0 Å². The van der Waals surface area contributed by atoms with Crippen molar-refractivity contribution in [3.63, 3.8) is 0 Å². The smallest absolute Gasteiger partial charge is 0.129 e. The Labute approximate surface area is 137 Å². The van der Waals surface area contributed by atoms with E-state index in [1.54, 1.807) is 0 Å². The number of hydrogen-bond donors (Lipinski definition) is 2. The number of benzene rings is 2. The minimum absolute atomic E-state index is 0.148. The summed E-state index contributed by atoms with van der Waals surface area (Å²) in [4.78, 5) is 4.55. The Morgan fingerprint density at radius 1 is 0.957 bits per heavy atom. The first kappa shape index (κ1) is 15.3. The maximum absolute atomic E-state index is 6.34. The number of aromatic nitrogens is 1. The van der Waals surface area contributed by atoms with Crippen LogP contribution in [0.4, 0.5) is 5.82 Å². The molecule has 0 radical (unpaired) electrons. The Hall–Kier alpha value is -2.65. The second-order valence-corrected chi connectivity index (χ2v) is 5.66. The number of rotatable bonds is 5. The molecule has 1 aromatic heterocycles. The summed E-state index contributed by atoms with van der Waals surface area (Å²) in [6.45, 7) is 2.82. The first-order valence-corrected chi connectivity index (χ1v) is 7.79. The van der Waals surface area contributed by atoms with Crippen LogP contribution in [0.3, 0.4) is 0 Å². The molecule has 116 valence electrons. The first-order chi connectivity index (χ1) is 11.2. The summed E-state index contributed by atoms with van der Waals surface area (Å²) in [5.74, 6) is 0.901. The molecule has 1 heterocycles. The van der Waals surface area contributed by atoms with Gasteiger partial charge in [-0.05, 0) is 35.2 Å². The van der Waals surface area contributed by atoms with Gasteiger partial charge in [-0.1, -0.05) is 60.7 Å². The molecule has 3 nitrogen and oxygen atoms in total. The standard InChI is InChI=1S/C20H21N3/c1-15-12-18(19(21)17-10-6-3-7-11-17)14-23-20(15)22-13-16-8-4-2-5-9-16/h2-12,14,19H,13,21H2,1H3,(H,22,23). The summed E-state index contributed by atoms with van der Waals surface area (Å²) >= 11 is 0. The van der Waals surface area contributed by atoms with Gasteiger partial charge in [0, 0.05) is 12.7 Å². The highest BCUT2D eigenvalue weighted by Gasteiger charge is 2.10. The van der Waals surface area contributed by atoms with Crippen LogP contribution in [-0.4, -0.2) is 4.98 Å². The van der Waals surface area contributed by atoms with Gasteiger partial charge in [-0.25, -0.2) is 4.98 Å². The van der Waals surface area contributed by atoms with E-state index < -0.39 is 0 Å². The molecule has 0 spiro atoms. The Bertz CT molecular complexity index is 754. The van der Waals surface area contributed by atoms with Crippen molar-refractivity contribution in [1.82, 2.24) is 4.98 Å². The predicted molar refractivity (Wildman–Crippen MR) is 95.2 cm³/mol. The topological polar surface area (TPSA) is 50.9 Å². The van der Waals surface area contributed by atoms with E-state index >= 15 is 0 Å². The predicted octanol–water partition coefficient (Wildman–Crippen LogP) is 4.05. The fourth-order valence-electron chi connectivity index (χ4n) is 2.59. The normalized spacial score (nSPS) is 11.9. The van der Waals surface area contributed by atoms with E-state index in [2.05, 4.69) is 35.4 Å². The third-order valence-corrected chi connectivity index (χ3v) is 3.92. The lowest BCUT2D eigenvalue weighted by Crippen LogP contribution is -2.13. The molecule has 1 atom stereocenters. The lowest BCUT2D eigenvalue weighted by atomic mass is 10.00. The average Bonchev–Trinajstić information content (AvgIpc) is 2.61. The van der Waals surface area contributed by atoms with Crippen molar-refractivity contribution >= 4 is 5.82 Å². The molecule has 1 unspecified atom stereocenters. The molecule has 0 aliphatic heterocycles. The van der Waals surface area contributed by atoms with Gasteiger partial charge >= 0.3 is 0 Å². The fourth-order valence-corrected chi connectivity index (χ4v) is 2.59. The maximum atomic E-state index is 6.34. The number of nitrogens with zero attached hydrogens (tertiary/aromatic N) is 1. The number of anilines is 1. The van der Waals surface area contributed by atoms with Crippen LogP contribution in [0.25, 0.3) is 0 Å². The summed E-state index contributed by atoms with van der Waals surface area (Å²) in [6.07, 6.45) is 1.86. The van der Waals surface area contributed by atoms with Crippen LogP contribution >= 0.6 is 0 Å². The van der Waals surface area contributed by atoms with Crippen LogP contribution in [0, 0.1) is 6.92 Å². The van der Waals surface area contributed by atoms with Crippen molar-refractivity contribution in [2.24, 2.45) is 5.73 Å². The molecule has 0 fully saturated rings. The molecule has 0 saturated heterocycles. The highest BCUT2D eigenvalue weighted by Crippen LogP contribution is 2.22. The summed E-state index contributed by atoms with van der Waals surface area (Å²) in [6, 6.07) is 22.4. The molecule has 3 heteroatoms. The van der Waals surface area contributed by atoms with E-state index in [0.29, 0.717) is 0 Å². The van der Waals surface area contributed by atoms with Gasteiger partial charge in [0.1, 0.15) is 5.82 Å². The van der Waals surface area contributed by atoms with Crippen LogP contribution in [0.2, 0.25) is 0 Å². The molecule has 0 saturated carbocycles. The number of hydrogen-bond acceptors (Lipinski definition) is 3. The van der Waals surface area contributed by atoms with Gasteiger partial charge in [0.05, 0.1) is 6.04 Å². The lowest BCUT2D eigenvalue weighted by Gasteiger charge is -2.15. The second-order valence-electron chi connectivity index (χ2n) is 5.66. The summed E-state index contributed by atoms with van der Waals surface area (Å²) in [5.41, 5.74) is 10.8. The van der Waals surface area contributed by atoms with Gasteiger partial charge in [0.15, 0.2) is 0 Å². The van der Waals surface area contributed by atoms with Crippen LogP contribution in [0.15, 0.2) is 72.9 Å². The number of nitrogens with one attached hydrogen (secondary N) is 1. The summed E-state index contributed by atoms with van der Waals surface area (Å²) in [7, 11) is 0. The average molecular weight is 303 g/mol. The molecular weight excluding hydrogens is 282 g/mol. The molecule has 0 bridgehead atoms. The quantitative estimate of drug-likeness (QED) is 0.747. The molecule has 3 aromatic rings. The van der Waals surface area contributed by atoms with Crippen molar-refractivity contribution in [1.29, 1.82) is 0 Å². The van der Waals surface area contributed by atoms with Crippen molar-refractivity contribution < 1.29 is 0 Å². The highest BCUT2D eigenvalue weighted by atomic mass is 15.0. The Morgan fingerprint density at radius 3 is 2.26 bits per heavy atom. The van der Waals surface area contributed by atoms with Crippen molar-refractivity contribution in [2.45, 2.75) is 19.5 Å². The molecule has 3 rings (SSSR count). The van der Waals surface area contributed by atoms with Crippen LogP contribution in [0.5, 0.6) is 0 Å². The zero-order valence-corrected chi connectivity index (χ0v) is 13.2. The number of nitrogens with two attached hydrogens (primary N) is 1. The minimum Gasteiger partial charge on any atom is -0.366 e. The third kappa shape index (κ3) is 3.76. The highest BCUT2D eigenvalue weighted by molar-refractivity contribution is 5.46. The lowest BCUT2D eigenvalue weighted by molar-refractivity contribution is 0.860. The van der Waals surface area contributed by atoms with Gasteiger partial charge in [0.2, 0.25) is 0 Å². The summed E-state index contributed by atoms with van der Waals surface area (Å²) in [5, 5.41) is 3.38. The fraction of sp³-hybridized carbons (Fsp3) is 0.150. The molecule has 0 aliphatic rings. The Morgan fingerprint density at radius 2 is 1.61 bits per heavy atom. The van der Waals surface area contributed by atoms with Crippen LogP contribution < -0.4 is 11.1 Å². The van der Waals surface area contributed by atoms with Gasteiger partial charge in [-0.15, -0.1) is 0 Å². The van der Waals surface area contributed by atoms with Crippen molar-refractivity contribution in [3.05, 3.63) is 95.2 Å². The Kier molecular flexibility index (Phi) is 4.69. The van der Waals surface area contributed by atoms with Crippen LogP contribution in [-0.2, 0) is 6.54 Å². The number of aryl methyl sites for hydroxylation is 1. The largest absolute Gasteiger partial charge is 0.366 e. The van der Waals surface area contributed by atoms with Crippen molar-refractivity contribution in [2.75, 3.05) is 5.32 Å². The van der Waals surface area contributed by atoms with Crippen LogP contribution in [0.1, 0.15) is 28.3 Å². The zero-order valence-electron chi connectivity index (χ0n) is 13.2. The van der Waals surface area contributed by atoms with Crippen molar-refractivity contribution in [3.8, 4) is 0 Å². The minimum atomic E-state index is -0.148. The molecule has 2 aromatic carbocycles. The summed E-state index contributed by atoms with van der Waals surface area (Å²) < 4.78 is 0. The molecule has 0 aliphatic carbocycles. The molecule has 23 heavy (non-hydrogen) atoms. The van der Waals surface area contributed by atoms with E-state index in [-0.39, 0.29) is 6.04 Å². The number of pyridine rings is 1. The van der Waals surface area contributed by atoms with Gasteiger partial charge in [-0.2, -0.15) is 0 Å². The van der Waals surface area contributed by atoms with E-state index in [1.165, 1.54) is 5.56 Å². The van der Waals surface area contributed by atoms with E-state index in [9.17, 15) is 0 Å². The first-order valence-electron chi connectivity index (χ1n) is 7.79. The molecular formula is C20H21N3. The molecule has 3 N–H and O–H groups in total. The molecule has 0 amide bonds. The zero-order chi connectivity index (χ0) is 16.1. The van der Waals surface area contributed by atoms with Gasteiger partial charge in [-0.3, -0.25) is 0 Å². The third-order valence-electron chi connectivity index (χ3n) is 3.92. The van der Waals surface area contributed by atoms with E-state index in [4.69, 9.17) is 5.73 Å². The Balaban J connectivity index is 1.73. The van der Waals surface area contributed by atoms with Gasteiger partial charge < -0.3 is 11.1 Å². The maximum Gasteiger partial charge on any atom is 0.129 e. The monoisotopic (exact) mass is 303 g/mol.